The van der Waals surface area contributed by atoms with Gasteiger partial charge < -0.3 is 14.8 Å². The van der Waals surface area contributed by atoms with Crippen molar-refractivity contribution in [2.75, 3.05) is 5.32 Å². The van der Waals surface area contributed by atoms with Crippen LogP contribution < -0.4 is 5.32 Å². The molecule has 1 aliphatic rings. The summed E-state index contributed by atoms with van der Waals surface area (Å²) in [6, 6.07) is 23.9. The topological polar surface area (TPSA) is 55.1 Å². The zero-order valence-electron chi connectivity index (χ0n) is 22.5. The van der Waals surface area contributed by atoms with Gasteiger partial charge in [-0.05, 0) is 60.4 Å². The molecule has 202 valence electrons. The van der Waals surface area contributed by atoms with Crippen molar-refractivity contribution in [3.8, 4) is 11.5 Å². The van der Waals surface area contributed by atoms with Gasteiger partial charge in [-0.2, -0.15) is 5.10 Å². The van der Waals surface area contributed by atoms with Crippen LogP contribution in [0.5, 0.6) is 0 Å². The minimum atomic E-state index is -0.709. The van der Waals surface area contributed by atoms with Crippen molar-refractivity contribution < 1.29 is 13.6 Å². The number of aromatic nitrogens is 3. The van der Waals surface area contributed by atoms with Crippen LogP contribution in [0, 0.1) is 18.6 Å². The molecule has 0 bridgehead atoms. The molecule has 6 rings (SSSR count). The van der Waals surface area contributed by atoms with E-state index in [1.165, 1.54) is 5.56 Å². The van der Waals surface area contributed by atoms with E-state index in [1.54, 1.807) is 4.90 Å². The molecule has 40 heavy (non-hydrogen) atoms. The summed E-state index contributed by atoms with van der Waals surface area (Å²) in [4.78, 5) is 15.6. The third-order valence-electron chi connectivity index (χ3n) is 7.44. The highest BCUT2D eigenvalue weighted by Crippen LogP contribution is 2.39. The highest BCUT2D eigenvalue weighted by Gasteiger charge is 2.36. The zero-order chi connectivity index (χ0) is 28.0. The number of hydrogen-bond donors (Lipinski definition) is 1. The number of aryl methyl sites for hydroxylation is 1. The Balaban J connectivity index is 1.53. The summed E-state index contributed by atoms with van der Waals surface area (Å²) in [6.45, 7) is 6.39. The molecule has 0 saturated heterocycles. The first-order valence-electron chi connectivity index (χ1n) is 13.3. The molecule has 0 spiro atoms. The smallest absolute Gasteiger partial charge is 0.307 e. The number of carbonyl (C=O) groups excluding carboxylic acids is 1. The Morgan fingerprint density at radius 1 is 0.975 bits per heavy atom. The third-order valence-corrected chi connectivity index (χ3v) is 7.44. The van der Waals surface area contributed by atoms with Crippen LogP contribution >= 0.6 is 0 Å². The molecule has 2 aromatic heterocycles. The van der Waals surface area contributed by atoms with Crippen molar-refractivity contribution in [2.24, 2.45) is 0 Å². The van der Waals surface area contributed by atoms with Crippen molar-refractivity contribution in [3.05, 3.63) is 131 Å². The highest BCUT2D eigenvalue weighted by atomic mass is 19.1. The van der Waals surface area contributed by atoms with Crippen LogP contribution in [0.3, 0.4) is 0 Å². The SMILES string of the molecule is Cc1nn(-c2ccccc2)c2c1CN(C(=O)Nc1cc(F)ccc1F)C(c1ccc(C(C)C)cc1)c1cccn1-2. The third kappa shape index (κ3) is 4.45. The molecular weight excluding hydrogens is 508 g/mol. The molecule has 8 heteroatoms. The van der Waals surface area contributed by atoms with Gasteiger partial charge in [-0.15, -0.1) is 0 Å². The van der Waals surface area contributed by atoms with Crippen LogP contribution in [0.4, 0.5) is 19.3 Å². The van der Waals surface area contributed by atoms with Gasteiger partial charge >= 0.3 is 6.03 Å². The first-order valence-corrected chi connectivity index (χ1v) is 13.3. The minimum absolute atomic E-state index is 0.203. The lowest BCUT2D eigenvalue weighted by Crippen LogP contribution is -2.38. The Labute approximate surface area is 231 Å². The maximum absolute atomic E-state index is 14.6. The molecular formula is C32H29F2N5O. The number of urea groups is 1. The number of amides is 2. The molecule has 1 unspecified atom stereocenters. The van der Waals surface area contributed by atoms with E-state index in [0.717, 1.165) is 52.2 Å². The first kappa shape index (κ1) is 25.6. The van der Waals surface area contributed by atoms with Gasteiger partial charge in [-0.25, -0.2) is 18.3 Å². The molecule has 0 saturated carbocycles. The van der Waals surface area contributed by atoms with Gasteiger partial charge in [-0.1, -0.05) is 56.3 Å². The van der Waals surface area contributed by atoms with E-state index >= 15 is 0 Å². The monoisotopic (exact) mass is 537 g/mol. The highest BCUT2D eigenvalue weighted by molar-refractivity contribution is 5.90. The lowest BCUT2D eigenvalue weighted by atomic mass is 9.97. The van der Waals surface area contributed by atoms with Gasteiger partial charge in [0.05, 0.1) is 35.3 Å². The summed E-state index contributed by atoms with van der Waals surface area (Å²) in [6.07, 6.45) is 1.97. The molecule has 6 nitrogen and oxygen atoms in total. The lowest BCUT2D eigenvalue weighted by Gasteiger charge is -2.31. The first-order chi connectivity index (χ1) is 19.3. The summed E-state index contributed by atoms with van der Waals surface area (Å²) < 4.78 is 32.5. The summed E-state index contributed by atoms with van der Waals surface area (Å²) in [5.41, 5.74) is 5.25. The predicted molar refractivity (Wildman–Crippen MR) is 151 cm³/mol. The predicted octanol–water partition coefficient (Wildman–Crippen LogP) is 7.51. The van der Waals surface area contributed by atoms with E-state index in [4.69, 9.17) is 5.10 Å². The molecule has 0 fully saturated rings. The van der Waals surface area contributed by atoms with Crippen molar-refractivity contribution in [2.45, 2.75) is 39.3 Å². The Bertz CT molecular complexity index is 1690. The average Bonchev–Trinajstić information content (AvgIpc) is 3.51. The van der Waals surface area contributed by atoms with Crippen LogP contribution in [-0.2, 0) is 6.54 Å². The van der Waals surface area contributed by atoms with Crippen LogP contribution in [0.15, 0.2) is 91.1 Å². The second kappa shape index (κ2) is 10.1. The van der Waals surface area contributed by atoms with E-state index < -0.39 is 23.7 Å². The summed E-state index contributed by atoms with van der Waals surface area (Å²) in [5, 5.41) is 7.47. The van der Waals surface area contributed by atoms with Gasteiger partial charge in [-0.3, -0.25) is 0 Å². The molecule has 1 atom stereocenters. The second-order valence-corrected chi connectivity index (χ2v) is 10.3. The Morgan fingerprint density at radius 3 is 2.45 bits per heavy atom. The van der Waals surface area contributed by atoms with Crippen molar-refractivity contribution in [3.63, 3.8) is 0 Å². The number of rotatable bonds is 4. The van der Waals surface area contributed by atoms with Crippen LogP contribution in [-0.4, -0.2) is 25.3 Å². The van der Waals surface area contributed by atoms with Crippen LogP contribution in [0.2, 0.25) is 0 Å². The van der Waals surface area contributed by atoms with E-state index in [2.05, 4.69) is 35.9 Å². The van der Waals surface area contributed by atoms with Crippen molar-refractivity contribution >= 4 is 11.7 Å². The van der Waals surface area contributed by atoms with Gasteiger partial charge in [0.2, 0.25) is 0 Å². The number of halogens is 2. The average molecular weight is 538 g/mol. The zero-order valence-corrected chi connectivity index (χ0v) is 22.5. The summed E-state index contributed by atoms with van der Waals surface area (Å²) >= 11 is 0. The van der Waals surface area contributed by atoms with E-state index in [9.17, 15) is 13.6 Å². The molecule has 3 heterocycles. The molecule has 1 N–H and O–H groups in total. The number of carbonyl (C=O) groups is 1. The van der Waals surface area contributed by atoms with E-state index in [1.807, 2.05) is 72.4 Å². The molecule has 3 aromatic carbocycles. The lowest BCUT2D eigenvalue weighted by molar-refractivity contribution is 0.194. The number of para-hydroxylation sites is 1. The number of anilines is 1. The summed E-state index contributed by atoms with van der Waals surface area (Å²) in [5.74, 6) is -0.157. The van der Waals surface area contributed by atoms with Gasteiger partial charge in [0.1, 0.15) is 17.5 Å². The maximum atomic E-state index is 14.6. The van der Waals surface area contributed by atoms with Crippen molar-refractivity contribution in [1.29, 1.82) is 0 Å². The largest absolute Gasteiger partial charge is 0.323 e. The quantitative estimate of drug-likeness (QED) is 0.258. The fourth-order valence-corrected chi connectivity index (χ4v) is 5.34. The van der Waals surface area contributed by atoms with Gasteiger partial charge in [0.15, 0.2) is 0 Å². The second-order valence-electron chi connectivity index (χ2n) is 10.3. The van der Waals surface area contributed by atoms with E-state index in [-0.39, 0.29) is 12.2 Å². The van der Waals surface area contributed by atoms with Gasteiger partial charge in [0, 0.05) is 17.8 Å². The maximum Gasteiger partial charge on any atom is 0.323 e. The molecule has 0 aliphatic carbocycles. The van der Waals surface area contributed by atoms with Gasteiger partial charge in [0.25, 0.3) is 0 Å². The number of hydrogen-bond acceptors (Lipinski definition) is 2. The van der Waals surface area contributed by atoms with Crippen LogP contribution in [0.1, 0.15) is 53.9 Å². The molecule has 1 aliphatic heterocycles. The number of benzene rings is 3. The van der Waals surface area contributed by atoms with Crippen molar-refractivity contribution in [1.82, 2.24) is 19.2 Å². The molecule has 2 amide bonds. The number of nitrogens with one attached hydrogen (secondary N) is 1. The standard InChI is InChI=1S/C32H29F2N5O/c1-20(2)22-11-13-23(14-12-22)30-29-10-7-17-37(29)31-26(21(3)36-39(31)25-8-5-4-6-9-25)19-38(30)32(40)35-28-18-24(33)15-16-27(28)34/h4-18,20,30H,19H2,1-3H3,(H,35,40). The fraction of sp³-hybridized carbons (Fsp3) is 0.188. The molecule has 0 radical (unpaired) electrons. The normalized spacial score (nSPS) is 14.6. The Morgan fingerprint density at radius 2 is 1.73 bits per heavy atom. The Hall–Kier alpha value is -4.72. The Kier molecular flexibility index (Phi) is 6.46. The van der Waals surface area contributed by atoms with Crippen LogP contribution in [0.25, 0.3) is 11.5 Å². The van der Waals surface area contributed by atoms with E-state index in [0.29, 0.717) is 5.92 Å². The summed E-state index contributed by atoms with van der Waals surface area (Å²) in [7, 11) is 0. The number of nitrogens with zero attached hydrogens (tertiary/aromatic N) is 4. The number of fused-ring (bicyclic) bond motifs is 3. The molecule has 5 aromatic rings. The minimum Gasteiger partial charge on any atom is -0.307 e. The fourth-order valence-electron chi connectivity index (χ4n) is 5.34.